The van der Waals surface area contributed by atoms with E-state index in [1.165, 1.54) is 16.9 Å². The first-order valence-electron chi connectivity index (χ1n) is 9.77. The fourth-order valence-electron chi connectivity index (χ4n) is 3.68. The Morgan fingerprint density at radius 1 is 1.35 bits per heavy atom. The molecule has 4 heterocycles. The zero-order valence-corrected chi connectivity index (χ0v) is 16.9. The van der Waals surface area contributed by atoms with Crippen molar-refractivity contribution in [2.75, 3.05) is 18.0 Å². The van der Waals surface area contributed by atoms with Crippen molar-refractivity contribution in [2.24, 2.45) is 5.92 Å². The third-order valence-electron chi connectivity index (χ3n) is 5.20. The number of nitrogens with one attached hydrogen (secondary N) is 3. The largest absolute Gasteiger partial charge is 0.368 e. The Balaban J connectivity index is 1.69. The SMILES string of the molecule is CC(C)NC(=O)C(F)(F)C1CCN(c2cc(-c3c[nH]c(=O)[nH]c3=O)nn3ccnc23)C1. The van der Waals surface area contributed by atoms with E-state index in [9.17, 15) is 23.2 Å². The monoisotopic (exact) mass is 433 g/mol. The van der Waals surface area contributed by atoms with Crippen LogP contribution in [0.15, 0.2) is 34.2 Å². The highest BCUT2D eigenvalue weighted by atomic mass is 19.3. The minimum atomic E-state index is -3.52. The zero-order chi connectivity index (χ0) is 22.3. The number of anilines is 1. The average Bonchev–Trinajstić information content (AvgIpc) is 3.36. The predicted octanol–water partition coefficient (Wildman–Crippen LogP) is 0.759. The standard InChI is InChI=1S/C19H21F2N7O3/c1-10(2)24-17(30)19(20,21)11-3-5-27(9-11)14-7-13(26-28-6-4-22-15(14)28)12-8-23-18(31)25-16(12)29/h4,6-8,10-11H,3,5,9H2,1-2H3,(H,24,30)(H2,23,25,29,31). The Bertz CT molecular complexity index is 1250. The molecular formula is C19H21F2N7O3. The molecule has 1 amide bonds. The van der Waals surface area contributed by atoms with Crippen LogP contribution in [-0.2, 0) is 4.79 Å². The Hall–Kier alpha value is -3.57. The van der Waals surface area contributed by atoms with Crippen molar-refractivity contribution in [1.29, 1.82) is 0 Å². The first kappa shape index (κ1) is 20.7. The lowest BCUT2D eigenvalue weighted by atomic mass is 9.99. The number of nitrogens with zero attached hydrogens (tertiary/aromatic N) is 4. The fourth-order valence-corrected chi connectivity index (χ4v) is 3.68. The van der Waals surface area contributed by atoms with E-state index in [0.29, 0.717) is 11.3 Å². The maximum absolute atomic E-state index is 14.7. The number of aromatic nitrogens is 5. The van der Waals surface area contributed by atoms with Gasteiger partial charge in [0.15, 0.2) is 5.65 Å². The van der Waals surface area contributed by atoms with Crippen molar-refractivity contribution in [2.45, 2.75) is 32.2 Å². The van der Waals surface area contributed by atoms with Crippen LogP contribution in [0.5, 0.6) is 0 Å². The summed E-state index contributed by atoms with van der Waals surface area (Å²) >= 11 is 0. The Morgan fingerprint density at radius 3 is 2.84 bits per heavy atom. The number of carbonyl (C=O) groups excluding carboxylic acids is 1. The first-order valence-corrected chi connectivity index (χ1v) is 9.77. The lowest BCUT2D eigenvalue weighted by Gasteiger charge is -2.24. The van der Waals surface area contributed by atoms with E-state index in [4.69, 9.17) is 0 Å². The van der Waals surface area contributed by atoms with Gasteiger partial charge in [-0.05, 0) is 26.3 Å². The third kappa shape index (κ3) is 3.80. The number of imidazole rings is 1. The molecule has 3 aromatic rings. The smallest absolute Gasteiger partial charge is 0.329 e. The van der Waals surface area contributed by atoms with Crippen molar-refractivity contribution in [3.05, 3.63) is 45.5 Å². The van der Waals surface area contributed by atoms with Gasteiger partial charge < -0.3 is 15.2 Å². The number of fused-ring (bicyclic) bond motifs is 1. The molecule has 164 valence electrons. The Kier molecular flexibility index (Phi) is 5.07. The molecule has 0 aliphatic carbocycles. The molecule has 10 nitrogen and oxygen atoms in total. The maximum Gasteiger partial charge on any atom is 0.329 e. The van der Waals surface area contributed by atoms with E-state index in [2.05, 4.69) is 25.4 Å². The number of carbonyl (C=O) groups is 1. The van der Waals surface area contributed by atoms with Gasteiger partial charge in [0.05, 0.1) is 17.2 Å². The summed E-state index contributed by atoms with van der Waals surface area (Å²) in [5.74, 6) is -5.97. The third-order valence-corrected chi connectivity index (χ3v) is 5.20. The number of hydrogen-bond acceptors (Lipinski definition) is 6. The molecule has 1 atom stereocenters. The van der Waals surface area contributed by atoms with E-state index >= 15 is 0 Å². The van der Waals surface area contributed by atoms with Gasteiger partial charge in [0.1, 0.15) is 5.69 Å². The fraction of sp³-hybridized carbons (Fsp3) is 0.421. The van der Waals surface area contributed by atoms with Gasteiger partial charge in [-0.2, -0.15) is 13.9 Å². The molecule has 0 aromatic carbocycles. The quantitative estimate of drug-likeness (QED) is 0.545. The average molecular weight is 433 g/mol. The molecule has 1 aliphatic heterocycles. The van der Waals surface area contributed by atoms with Crippen molar-refractivity contribution in [3.8, 4) is 11.3 Å². The molecule has 1 aliphatic rings. The van der Waals surface area contributed by atoms with Crippen LogP contribution in [0, 0.1) is 5.92 Å². The number of alkyl halides is 2. The molecule has 1 fully saturated rings. The van der Waals surface area contributed by atoms with Crippen LogP contribution in [0.25, 0.3) is 16.9 Å². The van der Waals surface area contributed by atoms with Gasteiger partial charge >= 0.3 is 11.6 Å². The number of hydrogen-bond donors (Lipinski definition) is 3. The van der Waals surface area contributed by atoms with Gasteiger partial charge in [0.2, 0.25) is 0 Å². The van der Waals surface area contributed by atoms with E-state index in [1.807, 2.05) is 0 Å². The number of rotatable bonds is 5. The second kappa shape index (κ2) is 7.60. The highest BCUT2D eigenvalue weighted by Crippen LogP contribution is 2.36. The lowest BCUT2D eigenvalue weighted by molar-refractivity contribution is -0.153. The minimum absolute atomic E-state index is 0.0630. The highest BCUT2D eigenvalue weighted by molar-refractivity contribution is 5.84. The lowest BCUT2D eigenvalue weighted by Crippen LogP contribution is -2.48. The molecule has 0 saturated carbocycles. The topological polar surface area (TPSA) is 128 Å². The first-order chi connectivity index (χ1) is 14.7. The van der Waals surface area contributed by atoms with Crippen LogP contribution in [0.2, 0.25) is 0 Å². The molecule has 0 spiro atoms. The number of aromatic amines is 2. The van der Waals surface area contributed by atoms with Crippen LogP contribution in [0.1, 0.15) is 20.3 Å². The van der Waals surface area contributed by atoms with E-state index in [1.54, 1.807) is 31.0 Å². The number of halogens is 2. The van der Waals surface area contributed by atoms with Gasteiger partial charge in [-0.15, -0.1) is 0 Å². The van der Waals surface area contributed by atoms with E-state index < -0.39 is 35.0 Å². The van der Waals surface area contributed by atoms with Gasteiger partial charge in [0, 0.05) is 37.7 Å². The van der Waals surface area contributed by atoms with Gasteiger partial charge in [-0.25, -0.2) is 14.3 Å². The Morgan fingerprint density at radius 2 is 2.13 bits per heavy atom. The summed E-state index contributed by atoms with van der Waals surface area (Å²) in [6.45, 7) is 3.47. The number of H-pyrrole nitrogens is 2. The molecule has 1 saturated heterocycles. The summed E-state index contributed by atoms with van der Waals surface area (Å²) in [7, 11) is 0. The van der Waals surface area contributed by atoms with Gasteiger partial charge in [0.25, 0.3) is 11.5 Å². The van der Waals surface area contributed by atoms with Gasteiger partial charge in [-0.3, -0.25) is 14.6 Å². The minimum Gasteiger partial charge on any atom is -0.368 e. The van der Waals surface area contributed by atoms with Gasteiger partial charge in [-0.1, -0.05) is 0 Å². The molecule has 4 rings (SSSR count). The second-order valence-electron chi connectivity index (χ2n) is 7.78. The molecule has 12 heteroatoms. The predicted molar refractivity (Wildman–Crippen MR) is 108 cm³/mol. The summed E-state index contributed by atoms with van der Waals surface area (Å²) < 4.78 is 30.9. The Labute approximate surface area is 174 Å². The van der Waals surface area contributed by atoms with E-state index in [-0.39, 0.29) is 30.8 Å². The highest BCUT2D eigenvalue weighted by Gasteiger charge is 2.50. The van der Waals surface area contributed by atoms with Crippen LogP contribution >= 0.6 is 0 Å². The molecule has 0 radical (unpaired) electrons. The van der Waals surface area contributed by atoms with Crippen molar-refractivity contribution in [3.63, 3.8) is 0 Å². The van der Waals surface area contributed by atoms with Crippen molar-refractivity contribution < 1.29 is 13.6 Å². The normalized spacial score (nSPS) is 16.9. The molecule has 3 N–H and O–H groups in total. The second-order valence-corrected chi connectivity index (χ2v) is 7.78. The summed E-state index contributed by atoms with van der Waals surface area (Å²) in [4.78, 5) is 46.0. The van der Waals surface area contributed by atoms with Crippen LogP contribution in [-0.4, -0.2) is 55.5 Å². The molecule has 0 bridgehead atoms. The molecule has 3 aromatic heterocycles. The van der Waals surface area contributed by atoms with Crippen LogP contribution in [0.3, 0.4) is 0 Å². The van der Waals surface area contributed by atoms with Crippen molar-refractivity contribution >= 4 is 17.2 Å². The van der Waals surface area contributed by atoms with E-state index in [0.717, 1.165) is 0 Å². The summed E-state index contributed by atoms with van der Waals surface area (Å²) in [5, 5.41) is 6.61. The van der Waals surface area contributed by atoms with Crippen LogP contribution < -0.4 is 21.5 Å². The van der Waals surface area contributed by atoms with Crippen molar-refractivity contribution in [1.82, 2.24) is 29.9 Å². The summed E-state index contributed by atoms with van der Waals surface area (Å²) in [5.41, 5.74) is 0.0165. The molecular weight excluding hydrogens is 412 g/mol. The molecule has 31 heavy (non-hydrogen) atoms. The number of amides is 1. The molecule has 1 unspecified atom stereocenters. The summed E-state index contributed by atoms with van der Waals surface area (Å²) in [6.07, 6.45) is 4.43. The summed E-state index contributed by atoms with van der Waals surface area (Å²) in [6, 6.07) is 1.18. The maximum atomic E-state index is 14.7. The van der Waals surface area contributed by atoms with Crippen LogP contribution in [0.4, 0.5) is 14.5 Å². The zero-order valence-electron chi connectivity index (χ0n) is 16.9.